The average molecular weight is 377 g/mol. The lowest BCUT2D eigenvalue weighted by Crippen LogP contribution is -2.53. The highest BCUT2D eigenvalue weighted by Gasteiger charge is 2.45. The number of piperidine rings is 1. The largest absolute Gasteiger partial charge is 0.353 e. The summed E-state index contributed by atoms with van der Waals surface area (Å²) in [4.78, 5) is 24.6. The van der Waals surface area contributed by atoms with Gasteiger partial charge in [0.15, 0.2) is 0 Å². The van der Waals surface area contributed by atoms with E-state index in [2.05, 4.69) is 10.6 Å². The van der Waals surface area contributed by atoms with Crippen LogP contribution in [0.3, 0.4) is 0 Å². The van der Waals surface area contributed by atoms with Crippen molar-refractivity contribution in [3.8, 4) is 0 Å². The first-order valence-corrected chi connectivity index (χ1v) is 10.8. The molecule has 2 bridgehead atoms. The second-order valence-electron chi connectivity index (χ2n) is 7.59. The Morgan fingerprint density at radius 3 is 2.54 bits per heavy atom. The molecule has 0 radical (unpaired) electrons. The van der Waals surface area contributed by atoms with Crippen molar-refractivity contribution in [2.24, 2.45) is 11.8 Å². The number of rotatable bonds is 4. The van der Waals surface area contributed by atoms with Gasteiger partial charge in [-0.3, -0.25) is 9.59 Å². The molecule has 3 aliphatic rings. The molecule has 26 heavy (non-hydrogen) atoms. The Kier molecular flexibility index (Phi) is 4.27. The molecule has 7 nitrogen and oxygen atoms in total. The Morgan fingerprint density at radius 2 is 1.88 bits per heavy atom. The molecule has 2 amide bonds. The van der Waals surface area contributed by atoms with Crippen molar-refractivity contribution in [2.75, 3.05) is 19.3 Å². The molecule has 1 aromatic rings. The molecule has 4 rings (SSSR count). The molecule has 2 heterocycles. The van der Waals surface area contributed by atoms with Crippen LogP contribution in [0.25, 0.3) is 0 Å². The van der Waals surface area contributed by atoms with Crippen LogP contribution in [0.2, 0.25) is 0 Å². The molecule has 2 fully saturated rings. The van der Waals surface area contributed by atoms with E-state index < -0.39 is 10.0 Å². The van der Waals surface area contributed by atoms with E-state index >= 15 is 0 Å². The number of carbonyl (C=O) groups excluding carboxylic acids is 2. The minimum absolute atomic E-state index is 0.0212. The van der Waals surface area contributed by atoms with Crippen LogP contribution in [-0.4, -0.2) is 49.9 Å². The first-order chi connectivity index (χ1) is 12.3. The maximum atomic E-state index is 12.6. The summed E-state index contributed by atoms with van der Waals surface area (Å²) >= 11 is 0. The van der Waals surface area contributed by atoms with Crippen LogP contribution in [0.4, 0.5) is 0 Å². The van der Waals surface area contributed by atoms with Gasteiger partial charge in [-0.05, 0) is 36.3 Å². The lowest BCUT2D eigenvalue weighted by molar-refractivity contribution is -0.123. The van der Waals surface area contributed by atoms with Gasteiger partial charge in [-0.25, -0.2) is 12.7 Å². The van der Waals surface area contributed by atoms with Crippen LogP contribution < -0.4 is 10.6 Å². The van der Waals surface area contributed by atoms with E-state index in [1.165, 1.54) is 10.6 Å². The maximum absolute atomic E-state index is 12.6. The Labute approximate surface area is 153 Å². The Morgan fingerprint density at radius 1 is 1.23 bits per heavy atom. The standard InChI is InChI=1S/C18H23N3O4S/c1-26(24,25)21-9-11-6-7-12(10-21)17(11)20-16(22)8-15-13-4-2-3-5-14(13)18(23)19-15/h2-5,11-12,15,17H,6-10H2,1H3,(H,19,23)(H,20,22)/t11-,12+,15?,17?. The van der Waals surface area contributed by atoms with E-state index in [9.17, 15) is 18.0 Å². The Balaban J connectivity index is 1.40. The summed E-state index contributed by atoms with van der Waals surface area (Å²) in [6.45, 7) is 0.951. The summed E-state index contributed by atoms with van der Waals surface area (Å²) in [6.07, 6.45) is 3.31. The van der Waals surface area contributed by atoms with Gasteiger partial charge >= 0.3 is 0 Å². The molecule has 1 saturated carbocycles. The Hall–Kier alpha value is -1.93. The highest BCUT2D eigenvalue weighted by molar-refractivity contribution is 7.88. The number of sulfonamides is 1. The fraction of sp³-hybridized carbons (Fsp3) is 0.556. The number of hydrogen-bond acceptors (Lipinski definition) is 4. The molecule has 2 aliphatic heterocycles. The average Bonchev–Trinajstić information content (AvgIpc) is 2.99. The second-order valence-corrected chi connectivity index (χ2v) is 9.57. The minimum Gasteiger partial charge on any atom is -0.353 e. The van der Waals surface area contributed by atoms with Crippen molar-refractivity contribution >= 4 is 21.8 Å². The van der Waals surface area contributed by atoms with Crippen molar-refractivity contribution < 1.29 is 18.0 Å². The van der Waals surface area contributed by atoms with Gasteiger partial charge in [-0.15, -0.1) is 0 Å². The summed E-state index contributed by atoms with van der Waals surface area (Å²) in [5.74, 6) is 0.0948. The van der Waals surface area contributed by atoms with Crippen molar-refractivity contribution in [1.82, 2.24) is 14.9 Å². The van der Waals surface area contributed by atoms with Gasteiger partial charge in [-0.1, -0.05) is 18.2 Å². The van der Waals surface area contributed by atoms with Crippen molar-refractivity contribution in [3.63, 3.8) is 0 Å². The van der Waals surface area contributed by atoms with Crippen molar-refractivity contribution in [1.29, 1.82) is 0 Å². The molecule has 4 atom stereocenters. The normalized spacial score (nSPS) is 30.7. The summed E-state index contributed by atoms with van der Waals surface area (Å²) in [5, 5.41) is 5.98. The number of nitrogens with zero attached hydrogens (tertiary/aromatic N) is 1. The molecule has 140 valence electrons. The number of nitrogens with one attached hydrogen (secondary N) is 2. The lowest BCUT2D eigenvalue weighted by atomic mass is 9.93. The molecule has 0 spiro atoms. The topological polar surface area (TPSA) is 95.6 Å². The third kappa shape index (κ3) is 3.12. The summed E-state index contributed by atoms with van der Waals surface area (Å²) in [6, 6.07) is 7.04. The van der Waals surface area contributed by atoms with Crippen LogP contribution in [-0.2, 0) is 14.8 Å². The van der Waals surface area contributed by atoms with Gasteiger partial charge in [0.1, 0.15) is 0 Å². The third-order valence-electron chi connectivity index (χ3n) is 5.87. The number of carbonyl (C=O) groups is 2. The zero-order valence-corrected chi connectivity index (χ0v) is 15.5. The van der Waals surface area contributed by atoms with Crippen LogP contribution in [0.15, 0.2) is 24.3 Å². The highest BCUT2D eigenvalue weighted by Crippen LogP contribution is 2.38. The van der Waals surface area contributed by atoms with Crippen LogP contribution in [0, 0.1) is 11.8 Å². The third-order valence-corrected chi connectivity index (χ3v) is 7.11. The zero-order chi connectivity index (χ0) is 18.5. The summed E-state index contributed by atoms with van der Waals surface area (Å²) in [7, 11) is -3.19. The quantitative estimate of drug-likeness (QED) is 0.805. The van der Waals surface area contributed by atoms with Crippen molar-refractivity contribution in [2.45, 2.75) is 31.3 Å². The van der Waals surface area contributed by atoms with E-state index in [1.807, 2.05) is 18.2 Å². The maximum Gasteiger partial charge on any atom is 0.252 e. The van der Waals surface area contributed by atoms with E-state index in [0.717, 1.165) is 18.4 Å². The predicted octanol–water partition coefficient (Wildman–Crippen LogP) is 0.647. The zero-order valence-electron chi connectivity index (χ0n) is 14.6. The highest BCUT2D eigenvalue weighted by atomic mass is 32.2. The van der Waals surface area contributed by atoms with Gasteiger partial charge < -0.3 is 10.6 Å². The predicted molar refractivity (Wildman–Crippen MR) is 95.8 cm³/mol. The van der Waals surface area contributed by atoms with Crippen LogP contribution >= 0.6 is 0 Å². The number of benzene rings is 1. The minimum atomic E-state index is -3.19. The van der Waals surface area contributed by atoms with Gasteiger partial charge in [0, 0.05) is 24.7 Å². The van der Waals surface area contributed by atoms with Gasteiger partial charge in [0.05, 0.1) is 18.7 Å². The fourth-order valence-corrected chi connectivity index (χ4v) is 5.52. The van der Waals surface area contributed by atoms with E-state index in [1.54, 1.807) is 6.07 Å². The molecule has 2 N–H and O–H groups in total. The number of fused-ring (bicyclic) bond motifs is 3. The fourth-order valence-electron chi connectivity index (χ4n) is 4.60. The lowest BCUT2D eigenvalue weighted by Gasteiger charge is -2.37. The number of hydrogen-bond donors (Lipinski definition) is 2. The first kappa shape index (κ1) is 17.5. The Bertz CT molecular complexity index is 840. The van der Waals surface area contributed by atoms with Crippen LogP contribution in [0.1, 0.15) is 41.2 Å². The summed E-state index contributed by atoms with van der Waals surface area (Å²) < 4.78 is 25.2. The van der Waals surface area contributed by atoms with E-state index in [-0.39, 0.29) is 42.2 Å². The SMILES string of the molecule is CS(=O)(=O)N1C[C@H]2CC[C@@H](C1)C2NC(=O)CC1NC(=O)c2ccccc21. The van der Waals surface area contributed by atoms with Gasteiger partial charge in [0.25, 0.3) is 5.91 Å². The van der Waals surface area contributed by atoms with Gasteiger partial charge in [-0.2, -0.15) is 0 Å². The van der Waals surface area contributed by atoms with Crippen LogP contribution in [0.5, 0.6) is 0 Å². The smallest absolute Gasteiger partial charge is 0.252 e. The molecule has 8 heteroatoms. The molecule has 1 saturated heterocycles. The molecule has 1 aliphatic carbocycles. The van der Waals surface area contributed by atoms with E-state index in [4.69, 9.17) is 0 Å². The summed E-state index contributed by atoms with van der Waals surface area (Å²) in [5.41, 5.74) is 1.49. The number of amides is 2. The van der Waals surface area contributed by atoms with Gasteiger partial charge in [0.2, 0.25) is 15.9 Å². The van der Waals surface area contributed by atoms with Crippen molar-refractivity contribution in [3.05, 3.63) is 35.4 Å². The molecular weight excluding hydrogens is 354 g/mol. The van der Waals surface area contributed by atoms with E-state index in [0.29, 0.717) is 18.7 Å². The molecule has 1 aromatic carbocycles. The molecule has 0 aromatic heterocycles. The second kappa shape index (κ2) is 6.35. The molecular formula is C18H23N3O4S. The first-order valence-electron chi connectivity index (χ1n) is 8.97. The monoisotopic (exact) mass is 377 g/mol. The molecule has 2 unspecified atom stereocenters.